The number of aryl methyl sites for hydroxylation is 1. The fourth-order valence-corrected chi connectivity index (χ4v) is 4.55. The number of imidazole rings is 1. The van der Waals surface area contributed by atoms with E-state index >= 15 is 0 Å². The molecule has 4 aromatic carbocycles. The number of ether oxygens (including phenoxy) is 1. The first-order valence-corrected chi connectivity index (χ1v) is 12.1. The number of nitrogens with zero attached hydrogens (tertiary/aromatic N) is 1. The monoisotopic (exact) mass is 500 g/mol. The lowest BCUT2D eigenvalue weighted by molar-refractivity contribution is 0.0980. The van der Waals surface area contributed by atoms with Crippen LogP contribution >= 0.6 is 23.2 Å². The second-order valence-electron chi connectivity index (χ2n) is 8.25. The lowest BCUT2D eigenvalue weighted by Crippen LogP contribution is -2.00. The number of hydrogen-bond acceptors (Lipinski definition) is 3. The summed E-state index contributed by atoms with van der Waals surface area (Å²) >= 11 is 12.6. The summed E-state index contributed by atoms with van der Waals surface area (Å²) in [7, 11) is 0. The van der Waals surface area contributed by atoms with Crippen LogP contribution in [0.5, 0.6) is 11.5 Å². The lowest BCUT2D eigenvalue weighted by Gasteiger charge is -2.07. The third-order valence-electron chi connectivity index (χ3n) is 5.77. The number of fused-ring (bicyclic) bond motifs is 1. The Hall–Kier alpha value is -3.60. The van der Waals surface area contributed by atoms with Gasteiger partial charge >= 0.3 is 0 Å². The largest absolute Gasteiger partial charge is 0.457 e. The minimum absolute atomic E-state index is 0.0999. The van der Waals surface area contributed by atoms with Crippen molar-refractivity contribution in [2.45, 2.75) is 19.3 Å². The van der Waals surface area contributed by atoms with Crippen molar-refractivity contribution >= 4 is 40.0 Å². The van der Waals surface area contributed by atoms with Crippen LogP contribution in [-0.4, -0.2) is 15.8 Å². The van der Waals surface area contributed by atoms with Gasteiger partial charge < -0.3 is 9.72 Å². The average molecular weight is 501 g/mol. The molecule has 0 unspecified atom stereocenters. The highest BCUT2D eigenvalue weighted by Crippen LogP contribution is 2.34. The molecule has 0 saturated carbocycles. The number of rotatable bonds is 8. The van der Waals surface area contributed by atoms with Crippen molar-refractivity contribution in [2.75, 3.05) is 0 Å². The Morgan fingerprint density at radius 1 is 0.829 bits per heavy atom. The standard InChI is InChI=1S/C29H22Cl2N2O2/c30-23-9-5-10-24(31)28(23)29-32-25-17-14-20(18-26(25)33-29)27(34)11-4-6-19-12-15-22(16-13-19)35-21-7-2-1-3-8-21/h1-3,5,7-10,12-18H,4,6,11H2,(H,32,33). The number of nitrogens with one attached hydrogen (secondary N) is 1. The Morgan fingerprint density at radius 3 is 2.29 bits per heavy atom. The van der Waals surface area contributed by atoms with E-state index < -0.39 is 0 Å². The Morgan fingerprint density at radius 2 is 1.54 bits per heavy atom. The van der Waals surface area contributed by atoms with Gasteiger partial charge in [-0.3, -0.25) is 4.79 Å². The highest BCUT2D eigenvalue weighted by atomic mass is 35.5. The Balaban J connectivity index is 1.20. The van der Waals surface area contributed by atoms with E-state index in [-0.39, 0.29) is 5.78 Å². The number of Topliss-reactive ketones (excluding diaryl/α,β-unsaturated/α-hetero) is 1. The van der Waals surface area contributed by atoms with E-state index in [4.69, 9.17) is 27.9 Å². The molecule has 35 heavy (non-hydrogen) atoms. The molecular formula is C29H22Cl2N2O2. The number of aromatic nitrogens is 2. The Labute approximate surface area is 213 Å². The summed E-state index contributed by atoms with van der Waals surface area (Å²) in [5.41, 5.74) is 4.01. The summed E-state index contributed by atoms with van der Waals surface area (Å²) in [6.07, 6.45) is 2.04. The summed E-state index contributed by atoms with van der Waals surface area (Å²) in [6.45, 7) is 0. The van der Waals surface area contributed by atoms with Crippen molar-refractivity contribution in [3.8, 4) is 22.9 Å². The van der Waals surface area contributed by atoms with Crippen molar-refractivity contribution in [1.29, 1.82) is 0 Å². The molecule has 0 amide bonds. The van der Waals surface area contributed by atoms with Crippen molar-refractivity contribution in [3.05, 3.63) is 112 Å². The molecule has 0 radical (unpaired) electrons. The van der Waals surface area contributed by atoms with E-state index in [1.807, 2.05) is 72.8 Å². The predicted octanol–water partition coefficient (Wildman–Crippen LogP) is 8.53. The zero-order valence-corrected chi connectivity index (χ0v) is 20.3. The SMILES string of the molecule is O=C(CCCc1ccc(Oc2ccccc2)cc1)c1ccc2nc(-c3c(Cl)cccc3Cl)[nH]c2c1. The van der Waals surface area contributed by atoms with Crippen LogP contribution in [0.3, 0.4) is 0 Å². The summed E-state index contributed by atoms with van der Waals surface area (Å²) in [6, 6.07) is 28.5. The maximum absolute atomic E-state index is 12.8. The number of H-pyrrole nitrogens is 1. The second-order valence-corrected chi connectivity index (χ2v) is 9.06. The molecule has 6 heteroatoms. The van der Waals surface area contributed by atoms with Crippen molar-refractivity contribution in [2.24, 2.45) is 0 Å². The van der Waals surface area contributed by atoms with E-state index in [2.05, 4.69) is 9.97 Å². The van der Waals surface area contributed by atoms with Gasteiger partial charge in [0.05, 0.1) is 26.6 Å². The average Bonchev–Trinajstić information content (AvgIpc) is 3.28. The molecule has 0 atom stereocenters. The normalized spacial score (nSPS) is 11.0. The smallest absolute Gasteiger partial charge is 0.162 e. The summed E-state index contributed by atoms with van der Waals surface area (Å²) in [5.74, 6) is 2.28. The molecule has 1 heterocycles. The Kier molecular flexibility index (Phi) is 6.84. The maximum Gasteiger partial charge on any atom is 0.162 e. The molecule has 1 aromatic heterocycles. The molecule has 5 rings (SSSR count). The summed E-state index contributed by atoms with van der Waals surface area (Å²) < 4.78 is 5.84. The quantitative estimate of drug-likeness (QED) is 0.217. The first kappa shape index (κ1) is 23.2. The first-order chi connectivity index (χ1) is 17.1. The van der Waals surface area contributed by atoms with E-state index in [1.165, 1.54) is 5.56 Å². The molecule has 0 bridgehead atoms. The first-order valence-electron chi connectivity index (χ1n) is 11.4. The minimum atomic E-state index is 0.0999. The molecule has 174 valence electrons. The third kappa shape index (κ3) is 5.40. The number of benzene rings is 4. The molecule has 4 nitrogen and oxygen atoms in total. The molecule has 0 saturated heterocycles. The number of para-hydroxylation sites is 1. The predicted molar refractivity (Wildman–Crippen MR) is 142 cm³/mol. The van der Waals surface area contributed by atoms with Gasteiger partial charge in [0, 0.05) is 12.0 Å². The second kappa shape index (κ2) is 10.3. The zero-order chi connectivity index (χ0) is 24.2. The van der Waals surface area contributed by atoms with Crippen LogP contribution in [0.4, 0.5) is 0 Å². The number of halogens is 2. The van der Waals surface area contributed by atoms with E-state index in [9.17, 15) is 4.79 Å². The molecule has 0 aliphatic heterocycles. The Bertz CT molecular complexity index is 1460. The van der Waals surface area contributed by atoms with Gasteiger partial charge in [-0.15, -0.1) is 0 Å². The minimum Gasteiger partial charge on any atom is -0.457 e. The van der Waals surface area contributed by atoms with Gasteiger partial charge in [0.1, 0.15) is 17.3 Å². The molecule has 0 fully saturated rings. The summed E-state index contributed by atoms with van der Waals surface area (Å²) in [4.78, 5) is 20.7. The highest BCUT2D eigenvalue weighted by Gasteiger charge is 2.14. The van der Waals surface area contributed by atoms with Gasteiger partial charge in [-0.05, 0) is 73.0 Å². The van der Waals surface area contributed by atoms with Crippen LogP contribution in [0.1, 0.15) is 28.8 Å². The van der Waals surface area contributed by atoms with Crippen LogP contribution in [0.2, 0.25) is 10.0 Å². The van der Waals surface area contributed by atoms with Gasteiger partial charge in [-0.2, -0.15) is 0 Å². The topological polar surface area (TPSA) is 55.0 Å². The zero-order valence-electron chi connectivity index (χ0n) is 18.8. The van der Waals surface area contributed by atoms with Gasteiger partial charge in [-0.1, -0.05) is 59.6 Å². The number of carbonyl (C=O) groups is 1. The number of aromatic amines is 1. The van der Waals surface area contributed by atoms with Crippen molar-refractivity contribution in [1.82, 2.24) is 9.97 Å². The molecule has 0 aliphatic rings. The highest BCUT2D eigenvalue weighted by molar-refractivity contribution is 6.39. The van der Waals surface area contributed by atoms with Crippen LogP contribution in [-0.2, 0) is 6.42 Å². The third-order valence-corrected chi connectivity index (χ3v) is 6.40. The number of hydrogen-bond donors (Lipinski definition) is 1. The van der Waals surface area contributed by atoms with Gasteiger partial charge in [-0.25, -0.2) is 4.98 Å². The van der Waals surface area contributed by atoms with E-state index in [0.717, 1.165) is 35.4 Å². The maximum atomic E-state index is 12.8. The molecule has 0 spiro atoms. The lowest BCUT2D eigenvalue weighted by atomic mass is 10.0. The van der Waals surface area contributed by atoms with Crippen molar-refractivity contribution < 1.29 is 9.53 Å². The van der Waals surface area contributed by atoms with Crippen LogP contribution in [0.25, 0.3) is 22.4 Å². The molecule has 1 N–H and O–H groups in total. The van der Waals surface area contributed by atoms with Gasteiger partial charge in [0.25, 0.3) is 0 Å². The summed E-state index contributed by atoms with van der Waals surface area (Å²) in [5, 5.41) is 1.04. The molecular weight excluding hydrogens is 479 g/mol. The molecule has 5 aromatic rings. The van der Waals surface area contributed by atoms with Crippen LogP contribution < -0.4 is 4.74 Å². The molecule has 0 aliphatic carbocycles. The van der Waals surface area contributed by atoms with Gasteiger partial charge in [0.2, 0.25) is 0 Å². The van der Waals surface area contributed by atoms with Gasteiger partial charge in [0.15, 0.2) is 5.78 Å². The van der Waals surface area contributed by atoms with Crippen molar-refractivity contribution in [3.63, 3.8) is 0 Å². The number of carbonyl (C=O) groups excluding carboxylic acids is 1. The number of ketones is 1. The van der Waals surface area contributed by atoms with Crippen LogP contribution in [0.15, 0.2) is 91.0 Å². The fourth-order valence-electron chi connectivity index (χ4n) is 3.97. The van der Waals surface area contributed by atoms with Crippen LogP contribution in [0, 0.1) is 0 Å². The van der Waals surface area contributed by atoms with E-state index in [0.29, 0.717) is 33.4 Å². The fraction of sp³-hybridized carbons (Fsp3) is 0.103. The van der Waals surface area contributed by atoms with E-state index in [1.54, 1.807) is 18.2 Å².